The van der Waals surface area contributed by atoms with E-state index in [0.717, 1.165) is 24.7 Å². The number of rotatable bonds is 8. The van der Waals surface area contributed by atoms with Gasteiger partial charge in [-0.25, -0.2) is 0 Å². The van der Waals surface area contributed by atoms with Crippen molar-refractivity contribution >= 4 is 5.97 Å². The fraction of sp³-hybridized carbons (Fsp3) is 0.933. The first-order valence-corrected chi connectivity index (χ1v) is 7.51. The van der Waals surface area contributed by atoms with Gasteiger partial charge in [0.1, 0.15) is 0 Å². The molecular weight excluding hydrogens is 226 g/mol. The molecule has 1 atom stereocenters. The van der Waals surface area contributed by atoms with Gasteiger partial charge in [-0.05, 0) is 51.1 Å². The number of hydrogen-bond donors (Lipinski definition) is 0. The highest BCUT2D eigenvalue weighted by Crippen LogP contribution is 2.23. The predicted octanol–water partition coefficient (Wildman–Crippen LogP) is 3.09. The summed E-state index contributed by atoms with van der Waals surface area (Å²) in [4.78, 5) is 13.7. The maximum absolute atomic E-state index is 11.1. The second-order valence-corrected chi connectivity index (χ2v) is 5.71. The average molecular weight is 255 g/mol. The number of carbonyl (C=O) groups excluding carboxylic acids is 1. The third-order valence-electron chi connectivity index (χ3n) is 3.91. The number of ether oxygens (including phenoxy) is 1. The van der Waals surface area contributed by atoms with Gasteiger partial charge in [-0.15, -0.1) is 0 Å². The van der Waals surface area contributed by atoms with Crippen LogP contribution in [-0.4, -0.2) is 37.1 Å². The van der Waals surface area contributed by atoms with Crippen molar-refractivity contribution in [2.75, 3.05) is 26.2 Å². The third-order valence-corrected chi connectivity index (χ3v) is 3.91. The topological polar surface area (TPSA) is 29.5 Å². The zero-order chi connectivity index (χ0) is 13.4. The highest BCUT2D eigenvalue weighted by atomic mass is 16.5. The molecule has 18 heavy (non-hydrogen) atoms. The Hall–Kier alpha value is -0.570. The summed E-state index contributed by atoms with van der Waals surface area (Å²) in [7, 11) is 0. The van der Waals surface area contributed by atoms with Gasteiger partial charge in [0.15, 0.2) is 0 Å². The second-order valence-electron chi connectivity index (χ2n) is 5.71. The van der Waals surface area contributed by atoms with Crippen LogP contribution in [0, 0.1) is 11.8 Å². The van der Waals surface area contributed by atoms with Crippen molar-refractivity contribution in [1.29, 1.82) is 0 Å². The molecule has 106 valence electrons. The number of carbonyl (C=O) groups is 1. The van der Waals surface area contributed by atoms with Crippen molar-refractivity contribution in [3.63, 3.8) is 0 Å². The Kier molecular flexibility index (Phi) is 7.33. The number of unbranched alkanes of at least 4 members (excludes halogenated alkanes) is 2. The lowest BCUT2D eigenvalue weighted by atomic mass is 9.95. The van der Waals surface area contributed by atoms with Gasteiger partial charge in [-0.2, -0.15) is 0 Å². The van der Waals surface area contributed by atoms with E-state index < -0.39 is 0 Å². The monoisotopic (exact) mass is 255 g/mol. The van der Waals surface area contributed by atoms with Crippen LogP contribution in [0.25, 0.3) is 0 Å². The largest absolute Gasteiger partial charge is 0.466 e. The zero-order valence-electron chi connectivity index (χ0n) is 12.3. The normalized spacial score (nSPS) is 20.6. The van der Waals surface area contributed by atoms with Gasteiger partial charge in [0.05, 0.1) is 6.61 Å². The molecule has 0 radical (unpaired) electrons. The Morgan fingerprint density at radius 2 is 2.11 bits per heavy atom. The molecule has 0 bridgehead atoms. The summed E-state index contributed by atoms with van der Waals surface area (Å²) in [6.45, 7) is 10.8. The highest BCUT2D eigenvalue weighted by Gasteiger charge is 2.23. The highest BCUT2D eigenvalue weighted by molar-refractivity contribution is 5.69. The molecule has 3 heteroatoms. The van der Waals surface area contributed by atoms with Crippen LogP contribution >= 0.6 is 0 Å². The van der Waals surface area contributed by atoms with E-state index in [1.54, 1.807) is 0 Å². The SMILES string of the molecule is CCOC(=O)CCCCCN1CCC(C(C)C)C1. The van der Waals surface area contributed by atoms with Crippen molar-refractivity contribution in [3.05, 3.63) is 0 Å². The molecule has 1 fully saturated rings. The lowest BCUT2D eigenvalue weighted by Gasteiger charge is -2.17. The summed E-state index contributed by atoms with van der Waals surface area (Å²) in [5.74, 6) is 1.67. The fourth-order valence-electron chi connectivity index (χ4n) is 2.62. The summed E-state index contributed by atoms with van der Waals surface area (Å²) >= 11 is 0. The molecule has 0 aliphatic carbocycles. The Morgan fingerprint density at radius 1 is 1.33 bits per heavy atom. The van der Waals surface area contributed by atoms with Gasteiger partial charge in [0.2, 0.25) is 0 Å². The summed E-state index contributed by atoms with van der Waals surface area (Å²) < 4.78 is 4.91. The molecule has 1 aliphatic heterocycles. The quantitative estimate of drug-likeness (QED) is 0.493. The molecule has 0 spiro atoms. The minimum Gasteiger partial charge on any atom is -0.466 e. The van der Waals surface area contributed by atoms with Gasteiger partial charge < -0.3 is 9.64 Å². The van der Waals surface area contributed by atoms with Crippen LogP contribution in [0.3, 0.4) is 0 Å². The number of nitrogens with zero attached hydrogens (tertiary/aromatic N) is 1. The third kappa shape index (κ3) is 5.85. The van der Waals surface area contributed by atoms with Crippen molar-refractivity contribution in [2.45, 2.75) is 52.9 Å². The zero-order valence-corrected chi connectivity index (χ0v) is 12.3. The smallest absolute Gasteiger partial charge is 0.305 e. The van der Waals surface area contributed by atoms with Crippen LogP contribution in [0.5, 0.6) is 0 Å². The number of esters is 1. The Labute approximate surface area is 112 Å². The first-order valence-electron chi connectivity index (χ1n) is 7.51. The maximum atomic E-state index is 11.1. The van der Waals surface area contributed by atoms with E-state index in [-0.39, 0.29) is 5.97 Å². The van der Waals surface area contributed by atoms with Crippen LogP contribution in [0.2, 0.25) is 0 Å². The van der Waals surface area contributed by atoms with Gasteiger partial charge in [-0.3, -0.25) is 4.79 Å². The lowest BCUT2D eigenvalue weighted by Crippen LogP contribution is -2.23. The molecule has 1 unspecified atom stereocenters. The van der Waals surface area contributed by atoms with Crippen molar-refractivity contribution < 1.29 is 9.53 Å². The maximum Gasteiger partial charge on any atom is 0.305 e. The Bertz CT molecular complexity index is 241. The van der Waals surface area contributed by atoms with E-state index in [0.29, 0.717) is 13.0 Å². The van der Waals surface area contributed by atoms with Crippen LogP contribution in [0.15, 0.2) is 0 Å². The molecular formula is C15H29NO2. The Balaban J connectivity index is 1.97. The molecule has 3 nitrogen and oxygen atoms in total. The van der Waals surface area contributed by atoms with Gasteiger partial charge in [-0.1, -0.05) is 20.3 Å². The summed E-state index contributed by atoms with van der Waals surface area (Å²) in [6.07, 6.45) is 5.27. The van der Waals surface area contributed by atoms with Crippen LogP contribution in [0.4, 0.5) is 0 Å². The standard InChI is InChI=1S/C15H29NO2/c1-4-18-15(17)8-6-5-7-10-16-11-9-14(12-16)13(2)3/h13-14H,4-12H2,1-3H3. The van der Waals surface area contributed by atoms with Crippen molar-refractivity contribution in [3.8, 4) is 0 Å². The summed E-state index contributed by atoms with van der Waals surface area (Å²) in [5.41, 5.74) is 0. The molecule has 0 aromatic rings. The number of likely N-dealkylation sites (tertiary alicyclic amines) is 1. The predicted molar refractivity (Wildman–Crippen MR) is 74.5 cm³/mol. The minimum atomic E-state index is -0.0430. The molecule has 1 saturated heterocycles. The molecule has 1 rings (SSSR count). The molecule has 0 aromatic heterocycles. The van der Waals surface area contributed by atoms with E-state index in [1.807, 2.05) is 6.92 Å². The number of hydrogen-bond acceptors (Lipinski definition) is 3. The van der Waals surface area contributed by atoms with E-state index in [1.165, 1.54) is 32.5 Å². The van der Waals surface area contributed by atoms with Crippen molar-refractivity contribution in [2.24, 2.45) is 11.8 Å². The fourth-order valence-corrected chi connectivity index (χ4v) is 2.62. The lowest BCUT2D eigenvalue weighted by molar-refractivity contribution is -0.143. The summed E-state index contributed by atoms with van der Waals surface area (Å²) in [5, 5.41) is 0. The van der Waals surface area contributed by atoms with Crippen LogP contribution < -0.4 is 0 Å². The Morgan fingerprint density at radius 3 is 2.72 bits per heavy atom. The molecule has 0 aromatic carbocycles. The van der Waals surface area contributed by atoms with E-state index in [2.05, 4.69) is 18.7 Å². The molecule has 0 amide bonds. The van der Waals surface area contributed by atoms with Gasteiger partial charge >= 0.3 is 5.97 Å². The van der Waals surface area contributed by atoms with E-state index in [4.69, 9.17) is 4.74 Å². The van der Waals surface area contributed by atoms with Crippen molar-refractivity contribution in [1.82, 2.24) is 4.90 Å². The molecule has 1 heterocycles. The van der Waals surface area contributed by atoms with E-state index >= 15 is 0 Å². The molecule has 0 N–H and O–H groups in total. The van der Waals surface area contributed by atoms with E-state index in [9.17, 15) is 4.79 Å². The minimum absolute atomic E-state index is 0.0430. The van der Waals surface area contributed by atoms with Crippen LogP contribution in [-0.2, 0) is 9.53 Å². The second kappa shape index (κ2) is 8.52. The average Bonchev–Trinajstić information content (AvgIpc) is 2.78. The summed E-state index contributed by atoms with van der Waals surface area (Å²) in [6, 6.07) is 0. The molecule has 1 aliphatic rings. The first kappa shape index (κ1) is 15.5. The molecule has 0 saturated carbocycles. The van der Waals surface area contributed by atoms with Gasteiger partial charge in [0.25, 0.3) is 0 Å². The van der Waals surface area contributed by atoms with Gasteiger partial charge in [0, 0.05) is 13.0 Å². The first-order chi connectivity index (χ1) is 8.63. The van der Waals surface area contributed by atoms with Crippen LogP contribution in [0.1, 0.15) is 52.9 Å².